The number of aromatic nitrogens is 2. The fourth-order valence-corrected chi connectivity index (χ4v) is 5.12. The number of likely N-dealkylation sites (tertiary alicyclic amines) is 1. The molecule has 0 saturated carbocycles. The molecule has 1 aromatic heterocycles. The summed E-state index contributed by atoms with van der Waals surface area (Å²) >= 11 is 0. The van der Waals surface area contributed by atoms with Gasteiger partial charge in [-0.1, -0.05) is 12.1 Å². The highest BCUT2D eigenvalue weighted by molar-refractivity contribution is 5.74. The van der Waals surface area contributed by atoms with Gasteiger partial charge in [-0.05, 0) is 24.1 Å². The lowest BCUT2D eigenvalue weighted by molar-refractivity contribution is -0.293. The Morgan fingerprint density at radius 2 is 1.79 bits per heavy atom. The standard InChI is InChI=1S/C21H21F7N4O2/c1-31-12(6-15(30-31)10-3-2-4-11(22)5-10)7-32-8-13-14(9-32)17(19(33)34)29-16(13)18(20(23,24)25)21(26,27)28/h2-6,13-14,16-18,29H,7-9H2,1H3,(H,33,34). The maximum atomic E-state index is 13.5. The van der Waals surface area contributed by atoms with Crippen molar-refractivity contribution in [3.63, 3.8) is 0 Å². The van der Waals surface area contributed by atoms with E-state index < -0.39 is 54.0 Å². The smallest absolute Gasteiger partial charge is 0.402 e. The number of carbonyl (C=O) groups is 1. The van der Waals surface area contributed by atoms with E-state index in [2.05, 4.69) is 10.4 Å². The van der Waals surface area contributed by atoms with Gasteiger partial charge in [-0.2, -0.15) is 31.4 Å². The number of aryl methyl sites for hydroxylation is 1. The fourth-order valence-electron chi connectivity index (χ4n) is 5.12. The van der Waals surface area contributed by atoms with Crippen LogP contribution in [0.25, 0.3) is 11.3 Å². The van der Waals surface area contributed by atoms with Gasteiger partial charge in [-0.15, -0.1) is 0 Å². The zero-order valence-corrected chi connectivity index (χ0v) is 17.7. The SMILES string of the molecule is Cn1nc(-c2cccc(F)c2)cc1CN1CC2C(C(=O)O)NC(C(C(F)(F)F)C(F)(F)F)C2C1. The van der Waals surface area contributed by atoms with E-state index in [1.165, 1.54) is 22.9 Å². The summed E-state index contributed by atoms with van der Waals surface area (Å²) in [4.78, 5) is 13.3. The van der Waals surface area contributed by atoms with Gasteiger partial charge in [0, 0.05) is 44.2 Å². The van der Waals surface area contributed by atoms with Crippen LogP contribution in [-0.4, -0.2) is 63.3 Å². The number of aliphatic carboxylic acids is 1. The van der Waals surface area contributed by atoms with E-state index >= 15 is 0 Å². The third-order valence-corrected chi connectivity index (χ3v) is 6.56. The van der Waals surface area contributed by atoms with Gasteiger partial charge >= 0.3 is 18.3 Å². The van der Waals surface area contributed by atoms with E-state index in [0.717, 1.165) is 0 Å². The van der Waals surface area contributed by atoms with Gasteiger partial charge < -0.3 is 10.4 Å². The molecule has 2 aliphatic heterocycles. The van der Waals surface area contributed by atoms with E-state index in [4.69, 9.17) is 0 Å². The second-order valence-electron chi connectivity index (χ2n) is 8.75. The van der Waals surface area contributed by atoms with Gasteiger partial charge in [-0.3, -0.25) is 14.4 Å². The Labute approximate surface area is 189 Å². The molecule has 0 spiro atoms. The molecule has 6 nitrogen and oxygen atoms in total. The van der Waals surface area contributed by atoms with Gasteiger partial charge in [0.25, 0.3) is 0 Å². The summed E-state index contributed by atoms with van der Waals surface area (Å²) in [6, 6.07) is 3.74. The highest BCUT2D eigenvalue weighted by Gasteiger charge is 2.66. The van der Waals surface area contributed by atoms with E-state index in [1.807, 2.05) is 0 Å². The highest BCUT2D eigenvalue weighted by atomic mass is 19.4. The number of nitrogens with zero attached hydrogens (tertiary/aromatic N) is 3. The quantitative estimate of drug-likeness (QED) is 0.624. The number of benzene rings is 1. The summed E-state index contributed by atoms with van der Waals surface area (Å²) in [7, 11) is 1.61. The first-order valence-corrected chi connectivity index (χ1v) is 10.4. The number of halogens is 7. The van der Waals surface area contributed by atoms with Crippen LogP contribution in [0.3, 0.4) is 0 Å². The topological polar surface area (TPSA) is 70.4 Å². The van der Waals surface area contributed by atoms with Crippen molar-refractivity contribution in [1.29, 1.82) is 0 Å². The number of hydrogen-bond donors (Lipinski definition) is 2. The first-order chi connectivity index (χ1) is 15.8. The average Bonchev–Trinajstić information content (AvgIpc) is 3.35. The van der Waals surface area contributed by atoms with Crippen molar-refractivity contribution in [2.24, 2.45) is 24.8 Å². The Kier molecular flexibility index (Phi) is 6.13. The van der Waals surface area contributed by atoms with Gasteiger partial charge in [-0.25, -0.2) is 4.39 Å². The van der Waals surface area contributed by atoms with Crippen molar-refractivity contribution < 1.29 is 40.6 Å². The normalized spacial score (nSPS) is 25.8. The van der Waals surface area contributed by atoms with Crippen LogP contribution in [0.5, 0.6) is 0 Å². The maximum Gasteiger partial charge on any atom is 0.402 e. The summed E-state index contributed by atoms with van der Waals surface area (Å²) in [6.45, 7) is -0.00310. The molecule has 1 aromatic carbocycles. The summed E-state index contributed by atoms with van der Waals surface area (Å²) in [5.41, 5.74) is 1.56. The Morgan fingerprint density at radius 1 is 1.15 bits per heavy atom. The zero-order chi connectivity index (χ0) is 25.0. The molecule has 2 aliphatic rings. The Morgan fingerprint density at radius 3 is 2.38 bits per heavy atom. The van der Waals surface area contributed by atoms with Gasteiger partial charge in [0.05, 0.1) is 11.4 Å². The van der Waals surface area contributed by atoms with Crippen LogP contribution in [-0.2, 0) is 18.4 Å². The Bertz CT molecular complexity index is 1050. The van der Waals surface area contributed by atoms with Crippen LogP contribution >= 0.6 is 0 Å². The molecule has 0 aliphatic carbocycles. The second kappa shape index (κ2) is 8.52. The molecule has 2 saturated heterocycles. The molecule has 2 fully saturated rings. The minimum atomic E-state index is -5.58. The fraction of sp³-hybridized carbons (Fsp3) is 0.524. The van der Waals surface area contributed by atoms with Crippen LogP contribution in [0, 0.1) is 23.6 Å². The van der Waals surface area contributed by atoms with Gasteiger partial charge in [0.1, 0.15) is 11.9 Å². The van der Waals surface area contributed by atoms with Crippen molar-refractivity contribution in [3.05, 3.63) is 41.8 Å². The summed E-state index contributed by atoms with van der Waals surface area (Å²) in [6.07, 6.45) is -11.2. The lowest BCUT2D eigenvalue weighted by Crippen LogP contribution is -2.53. The first-order valence-electron chi connectivity index (χ1n) is 10.4. The molecule has 2 aromatic rings. The number of alkyl halides is 6. The number of nitrogens with one attached hydrogen (secondary N) is 1. The molecule has 0 amide bonds. The summed E-state index contributed by atoms with van der Waals surface area (Å²) < 4.78 is 95.3. The highest BCUT2D eigenvalue weighted by Crippen LogP contribution is 2.48. The van der Waals surface area contributed by atoms with Gasteiger partial charge in [0.2, 0.25) is 0 Å². The molecule has 34 heavy (non-hydrogen) atoms. The van der Waals surface area contributed by atoms with E-state index in [9.17, 15) is 40.6 Å². The number of hydrogen-bond acceptors (Lipinski definition) is 4. The molecular formula is C21H21F7N4O2. The molecule has 0 radical (unpaired) electrons. The lowest BCUT2D eigenvalue weighted by atomic mass is 9.84. The molecule has 2 N–H and O–H groups in total. The molecule has 4 unspecified atom stereocenters. The van der Waals surface area contributed by atoms with Crippen LogP contribution in [0.1, 0.15) is 5.69 Å². The maximum absolute atomic E-state index is 13.5. The molecule has 0 bridgehead atoms. The van der Waals surface area contributed by atoms with Gasteiger partial charge in [0.15, 0.2) is 5.92 Å². The zero-order valence-electron chi connectivity index (χ0n) is 17.7. The summed E-state index contributed by atoms with van der Waals surface area (Å²) in [5, 5.41) is 15.9. The lowest BCUT2D eigenvalue weighted by Gasteiger charge is -2.32. The molecule has 3 heterocycles. The van der Waals surface area contributed by atoms with Crippen molar-refractivity contribution in [1.82, 2.24) is 20.0 Å². The molecular weight excluding hydrogens is 473 g/mol. The van der Waals surface area contributed by atoms with E-state index in [0.29, 0.717) is 17.0 Å². The minimum absolute atomic E-state index is 0.00798. The Hall–Kier alpha value is -2.67. The monoisotopic (exact) mass is 494 g/mol. The number of carboxylic acid groups (broad SMARTS) is 1. The van der Waals surface area contributed by atoms with E-state index in [1.54, 1.807) is 24.1 Å². The largest absolute Gasteiger partial charge is 0.480 e. The first kappa shape index (κ1) is 24.5. The number of carboxylic acids is 1. The van der Waals surface area contributed by atoms with Crippen molar-refractivity contribution >= 4 is 5.97 Å². The minimum Gasteiger partial charge on any atom is -0.480 e. The van der Waals surface area contributed by atoms with Crippen LogP contribution in [0.2, 0.25) is 0 Å². The predicted molar refractivity (Wildman–Crippen MR) is 105 cm³/mol. The van der Waals surface area contributed by atoms with E-state index in [-0.39, 0.29) is 19.6 Å². The average molecular weight is 494 g/mol. The van der Waals surface area contributed by atoms with Crippen LogP contribution in [0.4, 0.5) is 30.7 Å². The Balaban J connectivity index is 1.57. The predicted octanol–water partition coefficient (Wildman–Crippen LogP) is 3.44. The molecule has 4 rings (SSSR count). The number of rotatable bonds is 5. The van der Waals surface area contributed by atoms with Crippen molar-refractivity contribution in [3.8, 4) is 11.3 Å². The third-order valence-electron chi connectivity index (χ3n) is 6.56. The number of fused-ring (bicyclic) bond motifs is 1. The van der Waals surface area contributed by atoms with Crippen LogP contribution in [0.15, 0.2) is 30.3 Å². The molecule has 186 valence electrons. The molecule has 13 heteroatoms. The third kappa shape index (κ3) is 4.63. The van der Waals surface area contributed by atoms with Crippen molar-refractivity contribution in [2.45, 2.75) is 31.0 Å². The van der Waals surface area contributed by atoms with Crippen LogP contribution < -0.4 is 5.32 Å². The van der Waals surface area contributed by atoms with Crippen molar-refractivity contribution in [2.75, 3.05) is 13.1 Å². The summed E-state index contributed by atoms with van der Waals surface area (Å²) in [5.74, 6) is -7.71. The second-order valence-corrected chi connectivity index (χ2v) is 8.75. The molecule has 4 atom stereocenters.